The quantitative estimate of drug-likeness (QED) is 0.312. The number of unbranched alkanes of at least 4 members (excludes halogenated alkanes) is 2. The van der Waals surface area contributed by atoms with Crippen LogP contribution >= 0.6 is 23.2 Å². The van der Waals surface area contributed by atoms with Gasteiger partial charge in [0.2, 0.25) is 0 Å². The highest BCUT2D eigenvalue weighted by Gasteiger charge is 2.04. The second-order valence-electron chi connectivity index (χ2n) is 6.07. The average Bonchev–Trinajstić information content (AvgIpc) is 2.67. The third-order valence-corrected chi connectivity index (χ3v) is 4.71. The number of aryl methyl sites for hydroxylation is 2. The van der Waals surface area contributed by atoms with Crippen LogP contribution in [0.15, 0.2) is 48.5 Å². The van der Waals surface area contributed by atoms with Crippen molar-refractivity contribution >= 4 is 34.8 Å². The Morgan fingerprint density at radius 2 is 0.960 bits per heavy atom. The molecule has 0 unspecified atom stereocenters. The molecule has 2 nitrogen and oxygen atoms in total. The lowest BCUT2D eigenvalue weighted by atomic mass is 10.0. The molecule has 0 atom stereocenters. The third kappa shape index (κ3) is 6.30. The van der Waals surface area contributed by atoms with Gasteiger partial charge in [-0.2, -0.15) is 0 Å². The number of carbonyl (C=O) groups excluding carboxylic acids is 2. The fraction of sp³-hybridized carbons (Fsp3) is 0.333. The van der Waals surface area contributed by atoms with E-state index in [9.17, 15) is 9.59 Å². The number of alkyl halides is 2. The lowest BCUT2D eigenvalue weighted by Gasteiger charge is -2.05. The SMILES string of the molecule is O=C(CCl)c1ccc(CCCCCc2ccc(C(=O)CCl)cc2)cc1. The first-order valence-electron chi connectivity index (χ1n) is 8.50. The number of ketones is 2. The number of carbonyl (C=O) groups is 2. The van der Waals surface area contributed by atoms with Crippen LogP contribution in [0.5, 0.6) is 0 Å². The fourth-order valence-electron chi connectivity index (χ4n) is 2.70. The molecule has 0 radical (unpaired) electrons. The van der Waals surface area contributed by atoms with E-state index in [1.807, 2.05) is 48.5 Å². The number of Topliss-reactive ketones (excluding diaryl/α,β-unsaturated/α-hetero) is 2. The molecule has 0 aliphatic heterocycles. The Labute approximate surface area is 159 Å². The van der Waals surface area contributed by atoms with Gasteiger partial charge in [0, 0.05) is 11.1 Å². The van der Waals surface area contributed by atoms with E-state index in [0.29, 0.717) is 11.1 Å². The van der Waals surface area contributed by atoms with Gasteiger partial charge in [-0.15, -0.1) is 23.2 Å². The van der Waals surface area contributed by atoms with Crippen molar-refractivity contribution in [3.63, 3.8) is 0 Å². The van der Waals surface area contributed by atoms with E-state index in [1.54, 1.807) is 0 Å². The zero-order chi connectivity index (χ0) is 18.1. The third-order valence-electron chi connectivity index (χ3n) is 4.23. The van der Waals surface area contributed by atoms with Crippen molar-refractivity contribution in [1.82, 2.24) is 0 Å². The second-order valence-corrected chi connectivity index (χ2v) is 6.60. The molecule has 0 aliphatic carbocycles. The first kappa shape index (κ1) is 19.7. The predicted octanol–water partition coefficient (Wildman–Crippen LogP) is 5.49. The van der Waals surface area contributed by atoms with E-state index < -0.39 is 0 Å². The van der Waals surface area contributed by atoms with E-state index in [2.05, 4.69) is 0 Å². The molecule has 25 heavy (non-hydrogen) atoms. The minimum absolute atomic E-state index is 0.0281. The fourth-order valence-corrected chi connectivity index (χ4v) is 3.01. The second kappa shape index (κ2) is 10.4. The minimum atomic E-state index is -0.0352. The molecule has 0 heterocycles. The molecule has 2 aromatic rings. The molecule has 0 aromatic heterocycles. The summed E-state index contributed by atoms with van der Waals surface area (Å²) < 4.78 is 0. The van der Waals surface area contributed by atoms with Crippen LogP contribution in [0.25, 0.3) is 0 Å². The molecule has 0 amide bonds. The van der Waals surface area contributed by atoms with Crippen molar-refractivity contribution in [3.05, 3.63) is 70.8 Å². The smallest absolute Gasteiger partial charge is 0.177 e. The van der Waals surface area contributed by atoms with E-state index in [0.717, 1.165) is 32.1 Å². The summed E-state index contributed by atoms with van der Waals surface area (Å²) in [5, 5.41) is 0. The van der Waals surface area contributed by atoms with Gasteiger partial charge in [0.1, 0.15) is 0 Å². The van der Waals surface area contributed by atoms with Crippen LogP contribution in [0.1, 0.15) is 51.1 Å². The molecule has 0 bridgehead atoms. The van der Waals surface area contributed by atoms with Crippen LogP contribution in [-0.4, -0.2) is 23.3 Å². The standard InChI is InChI=1S/C21H22Cl2O2/c22-14-20(24)18-10-6-16(7-11-18)4-2-1-3-5-17-8-12-19(13-9-17)21(25)15-23/h6-13H,1-5,14-15H2. The van der Waals surface area contributed by atoms with Gasteiger partial charge in [-0.05, 0) is 36.8 Å². The van der Waals surface area contributed by atoms with Crippen LogP contribution in [0.4, 0.5) is 0 Å². The number of halogens is 2. The summed E-state index contributed by atoms with van der Waals surface area (Å²) in [6.07, 6.45) is 5.40. The van der Waals surface area contributed by atoms with E-state index in [4.69, 9.17) is 23.2 Å². The summed E-state index contributed by atoms with van der Waals surface area (Å²) in [6.45, 7) is 0. The van der Waals surface area contributed by atoms with Gasteiger partial charge in [0.15, 0.2) is 11.6 Å². The topological polar surface area (TPSA) is 34.1 Å². The number of benzene rings is 2. The van der Waals surface area contributed by atoms with Crippen molar-refractivity contribution in [1.29, 1.82) is 0 Å². The molecule has 0 spiro atoms. The Balaban J connectivity index is 1.69. The molecule has 2 aromatic carbocycles. The average molecular weight is 377 g/mol. The molecule has 4 heteroatoms. The largest absolute Gasteiger partial charge is 0.293 e. The lowest BCUT2D eigenvalue weighted by Crippen LogP contribution is -2.00. The Morgan fingerprint density at radius 1 is 0.600 bits per heavy atom. The first-order valence-corrected chi connectivity index (χ1v) is 9.57. The van der Waals surface area contributed by atoms with Gasteiger partial charge >= 0.3 is 0 Å². The molecule has 0 aliphatic rings. The first-order chi connectivity index (χ1) is 12.1. The van der Waals surface area contributed by atoms with Crippen LogP contribution in [0.3, 0.4) is 0 Å². The summed E-state index contributed by atoms with van der Waals surface area (Å²) in [4.78, 5) is 23.0. The Hall–Kier alpha value is -1.64. The maximum absolute atomic E-state index is 11.5. The maximum Gasteiger partial charge on any atom is 0.177 e. The zero-order valence-electron chi connectivity index (χ0n) is 14.1. The van der Waals surface area contributed by atoms with Gasteiger partial charge in [0.05, 0.1) is 11.8 Å². The predicted molar refractivity (Wildman–Crippen MR) is 104 cm³/mol. The summed E-state index contributed by atoms with van der Waals surface area (Å²) in [7, 11) is 0. The monoisotopic (exact) mass is 376 g/mol. The summed E-state index contributed by atoms with van der Waals surface area (Å²) >= 11 is 11.1. The maximum atomic E-state index is 11.5. The van der Waals surface area contributed by atoms with E-state index in [1.165, 1.54) is 11.1 Å². The van der Waals surface area contributed by atoms with E-state index >= 15 is 0 Å². The lowest BCUT2D eigenvalue weighted by molar-refractivity contribution is 0.101. The van der Waals surface area contributed by atoms with Crippen molar-refractivity contribution in [2.75, 3.05) is 11.8 Å². The van der Waals surface area contributed by atoms with E-state index in [-0.39, 0.29) is 23.3 Å². The molecular formula is C21H22Cl2O2. The van der Waals surface area contributed by atoms with Crippen LogP contribution < -0.4 is 0 Å². The Morgan fingerprint density at radius 3 is 1.28 bits per heavy atom. The normalized spacial score (nSPS) is 10.6. The Bertz CT molecular complexity index is 629. The van der Waals surface area contributed by atoms with Gasteiger partial charge in [0.25, 0.3) is 0 Å². The Kier molecular flexibility index (Phi) is 8.17. The minimum Gasteiger partial charge on any atom is -0.293 e. The van der Waals surface area contributed by atoms with Crippen LogP contribution in [-0.2, 0) is 12.8 Å². The highest BCUT2D eigenvalue weighted by molar-refractivity contribution is 6.30. The molecule has 132 valence electrons. The summed E-state index contributed by atoms with van der Waals surface area (Å²) in [5.41, 5.74) is 3.84. The molecular weight excluding hydrogens is 355 g/mol. The molecule has 0 saturated heterocycles. The number of hydrogen-bond donors (Lipinski definition) is 0. The zero-order valence-corrected chi connectivity index (χ0v) is 15.7. The number of hydrogen-bond acceptors (Lipinski definition) is 2. The highest BCUT2D eigenvalue weighted by atomic mass is 35.5. The van der Waals surface area contributed by atoms with Gasteiger partial charge in [-0.1, -0.05) is 55.0 Å². The van der Waals surface area contributed by atoms with Gasteiger partial charge < -0.3 is 0 Å². The summed E-state index contributed by atoms with van der Waals surface area (Å²) in [5.74, 6) is -0.0141. The highest BCUT2D eigenvalue weighted by Crippen LogP contribution is 2.13. The van der Waals surface area contributed by atoms with Crippen molar-refractivity contribution in [3.8, 4) is 0 Å². The summed E-state index contributed by atoms with van der Waals surface area (Å²) in [6, 6.07) is 15.4. The molecule has 0 fully saturated rings. The molecule has 0 N–H and O–H groups in total. The molecule has 0 saturated carbocycles. The van der Waals surface area contributed by atoms with Crippen molar-refractivity contribution in [2.24, 2.45) is 0 Å². The van der Waals surface area contributed by atoms with Crippen molar-refractivity contribution in [2.45, 2.75) is 32.1 Å². The van der Waals surface area contributed by atoms with Crippen molar-refractivity contribution < 1.29 is 9.59 Å². The number of rotatable bonds is 10. The van der Waals surface area contributed by atoms with Gasteiger partial charge in [-0.25, -0.2) is 0 Å². The van der Waals surface area contributed by atoms with Crippen LogP contribution in [0, 0.1) is 0 Å². The van der Waals surface area contributed by atoms with Crippen LogP contribution in [0.2, 0.25) is 0 Å². The van der Waals surface area contributed by atoms with Gasteiger partial charge in [-0.3, -0.25) is 9.59 Å². The molecule has 2 rings (SSSR count).